The number of aryl methyl sites for hydroxylation is 1. The lowest BCUT2D eigenvalue weighted by molar-refractivity contribution is -0.147. The van der Waals surface area contributed by atoms with E-state index in [1.165, 1.54) is 17.4 Å². The molecule has 0 bridgehead atoms. The topological polar surface area (TPSA) is 57.5 Å². The minimum Gasteiger partial charge on any atom is -0.479 e. The van der Waals surface area contributed by atoms with Gasteiger partial charge < -0.3 is 10.2 Å². The highest BCUT2D eigenvalue weighted by molar-refractivity contribution is 7.12. The number of aliphatic carboxylic acids is 1. The summed E-state index contributed by atoms with van der Waals surface area (Å²) in [5.41, 5.74) is 0. The highest BCUT2D eigenvalue weighted by Crippen LogP contribution is 2.26. The van der Waals surface area contributed by atoms with Gasteiger partial charge in [-0.2, -0.15) is 0 Å². The number of halogens is 1. The summed E-state index contributed by atoms with van der Waals surface area (Å²) in [5.74, 6) is -1.64. The van der Waals surface area contributed by atoms with Gasteiger partial charge in [-0.05, 0) is 19.1 Å². The third-order valence-corrected chi connectivity index (χ3v) is 2.64. The zero-order valence-electron chi connectivity index (χ0n) is 6.90. The molecule has 0 saturated heterocycles. The highest BCUT2D eigenvalue weighted by Gasteiger charge is 2.28. The minimum atomic E-state index is -2.25. The number of carbonyl (C=O) groups is 1. The van der Waals surface area contributed by atoms with Gasteiger partial charge in [0.2, 0.25) is 6.17 Å². The fraction of sp³-hybridized carbons (Fsp3) is 0.375. The lowest BCUT2D eigenvalue weighted by Gasteiger charge is -2.09. The summed E-state index contributed by atoms with van der Waals surface area (Å²) in [4.78, 5) is 11.4. The second kappa shape index (κ2) is 3.85. The van der Waals surface area contributed by atoms with Crippen molar-refractivity contribution in [3.8, 4) is 0 Å². The van der Waals surface area contributed by atoms with E-state index in [1.54, 1.807) is 13.0 Å². The molecule has 0 spiro atoms. The van der Waals surface area contributed by atoms with Crippen LogP contribution in [0.3, 0.4) is 0 Å². The summed E-state index contributed by atoms with van der Waals surface area (Å²) in [5, 5.41) is 17.5. The van der Waals surface area contributed by atoms with Crippen LogP contribution in [0.15, 0.2) is 12.1 Å². The molecular formula is C8H9FO3S. The fourth-order valence-electron chi connectivity index (χ4n) is 0.892. The first-order chi connectivity index (χ1) is 6.02. The van der Waals surface area contributed by atoms with Crippen LogP contribution in [0.2, 0.25) is 0 Å². The third kappa shape index (κ3) is 2.26. The van der Waals surface area contributed by atoms with Crippen molar-refractivity contribution in [3.05, 3.63) is 21.9 Å². The van der Waals surface area contributed by atoms with Crippen LogP contribution in [0.4, 0.5) is 4.39 Å². The molecule has 2 atom stereocenters. The molecule has 72 valence electrons. The summed E-state index contributed by atoms with van der Waals surface area (Å²) >= 11 is 1.19. The molecule has 0 aromatic carbocycles. The molecule has 3 nitrogen and oxygen atoms in total. The number of carboxylic acids is 1. The van der Waals surface area contributed by atoms with E-state index in [1.807, 2.05) is 0 Å². The molecule has 0 radical (unpaired) electrons. The van der Waals surface area contributed by atoms with Crippen molar-refractivity contribution < 1.29 is 19.4 Å². The maximum atomic E-state index is 12.8. The van der Waals surface area contributed by atoms with Gasteiger partial charge in [0.15, 0.2) is 0 Å². The summed E-state index contributed by atoms with van der Waals surface area (Å²) in [6.07, 6.45) is -3.81. The van der Waals surface area contributed by atoms with E-state index in [4.69, 9.17) is 5.11 Å². The van der Waals surface area contributed by atoms with Crippen molar-refractivity contribution in [3.63, 3.8) is 0 Å². The summed E-state index contributed by atoms with van der Waals surface area (Å²) in [6, 6.07) is 3.23. The maximum Gasteiger partial charge on any atom is 0.341 e. The molecule has 0 amide bonds. The Hall–Kier alpha value is -0.940. The van der Waals surface area contributed by atoms with Crippen LogP contribution in [-0.2, 0) is 4.79 Å². The summed E-state index contributed by atoms with van der Waals surface area (Å²) in [6.45, 7) is 1.80. The third-order valence-electron chi connectivity index (χ3n) is 1.57. The van der Waals surface area contributed by atoms with Crippen LogP contribution >= 0.6 is 11.3 Å². The van der Waals surface area contributed by atoms with E-state index in [0.717, 1.165) is 4.88 Å². The van der Waals surface area contributed by atoms with Crippen LogP contribution in [0.1, 0.15) is 15.9 Å². The quantitative estimate of drug-likeness (QED) is 0.784. The van der Waals surface area contributed by atoms with Gasteiger partial charge in [0.05, 0.1) is 0 Å². The first-order valence-electron chi connectivity index (χ1n) is 3.63. The molecule has 2 N–H and O–H groups in total. The molecule has 1 aromatic rings. The molecule has 0 aliphatic heterocycles. The van der Waals surface area contributed by atoms with Crippen LogP contribution in [-0.4, -0.2) is 22.4 Å². The summed E-state index contributed by atoms with van der Waals surface area (Å²) < 4.78 is 12.8. The molecule has 0 aliphatic carbocycles. The molecule has 5 heteroatoms. The highest BCUT2D eigenvalue weighted by atomic mass is 32.1. The van der Waals surface area contributed by atoms with Crippen molar-refractivity contribution in [1.82, 2.24) is 0 Å². The number of hydrogen-bond donors (Lipinski definition) is 2. The van der Waals surface area contributed by atoms with Crippen LogP contribution in [0, 0.1) is 6.92 Å². The van der Waals surface area contributed by atoms with Crippen molar-refractivity contribution in [1.29, 1.82) is 0 Å². The van der Waals surface area contributed by atoms with Crippen molar-refractivity contribution in [2.24, 2.45) is 0 Å². The van der Waals surface area contributed by atoms with E-state index >= 15 is 0 Å². The zero-order chi connectivity index (χ0) is 10.0. The maximum absolute atomic E-state index is 12.8. The lowest BCUT2D eigenvalue weighted by atomic mass is 10.2. The van der Waals surface area contributed by atoms with E-state index in [0.29, 0.717) is 4.88 Å². The molecule has 1 aromatic heterocycles. The van der Waals surface area contributed by atoms with Gasteiger partial charge in [-0.15, -0.1) is 11.3 Å². The molecule has 1 rings (SSSR count). The number of carboxylic acid groups (broad SMARTS) is 1. The Morgan fingerprint density at radius 2 is 2.23 bits per heavy atom. The molecule has 0 aliphatic rings. The SMILES string of the molecule is Cc1ccc(C(O)C(F)C(=O)O)s1. The van der Waals surface area contributed by atoms with Gasteiger partial charge in [0, 0.05) is 9.75 Å². The number of thiophene rings is 1. The second-order valence-electron chi connectivity index (χ2n) is 2.63. The Bertz CT molecular complexity index is 310. The predicted octanol–water partition coefficient (Wildman–Crippen LogP) is 1.51. The van der Waals surface area contributed by atoms with E-state index < -0.39 is 18.2 Å². The average Bonchev–Trinajstić information content (AvgIpc) is 2.49. The molecule has 2 unspecified atom stereocenters. The standard InChI is InChI=1S/C8H9FO3S/c1-4-2-3-5(13-4)7(10)6(9)8(11)12/h2-3,6-7,10H,1H3,(H,11,12). The first kappa shape index (κ1) is 10.1. The number of aliphatic hydroxyl groups excluding tert-OH is 1. The van der Waals surface area contributed by atoms with Crippen molar-refractivity contribution in [2.75, 3.05) is 0 Å². The predicted molar refractivity (Wildman–Crippen MR) is 46.5 cm³/mol. The Labute approximate surface area is 78.4 Å². The summed E-state index contributed by atoms with van der Waals surface area (Å²) in [7, 11) is 0. The van der Waals surface area contributed by atoms with Gasteiger partial charge in [0.1, 0.15) is 6.10 Å². The molecule has 0 fully saturated rings. The number of alkyl halides is 1. The monoisotopic (exact) mass is 204 g/mol. The van der Waals surface area contributed by atoms with Crippen molar-refractivity contribution in [2.45, 2.75) is 19.2 Å². The number of rotatable bonds is 3. The van der Waals surface area contributed by atoms with Gasteiger partial charge in [-0.1, -0.05) is 0 Å². The molecule has 13 heavy (non-hydrogen) atoms. The average molecular weight is 204 g/mol. The second-order valence-corrected chi connectivity index (χ2v) is 3.95. The van der Waals surface area contributed by atoms with Gasteiger partial charge in [-0.3, -0.25) is 0 Å². The lowest BCUT2D eigenvalue weighted by Crippen LogP contribution is -2.22. The smallest absolute Gasteiger partial charge is 0.341 e. The van der Waals surface area contributed by atoms with E-state index in [2.05, 4.69) is 0 Å². The first-order valence-corrected chi connectivity index (χ1v) is 4.45. The largest absolute Gasteiger partial charge is 0.479 e. The number of aliphatic hydroxyl groups is 1. The Balaban J connectivity index is 2.78. The van der Waals surface area contributed by atoms with E-state index in [-0.39, 0.29) is 0 Å². The van der Waals surface area contributed by atoms with Gasteiger partial charge in [-0.25, -0.2) is 9.18 Å². The Morgan fingerprint density at radius 1 is 1.62 bits per heavy atom. The zero-order valence-corrected chi connectivity index (χ0v) is 7.71. The fourth-order valence-corrected chi connectivity index (χ4v) is 1.78. The minimum absolute atomic E-state index is 0.340. The van der Waals surface area contributed by atoms with E-state index in [9.17, 15) is 14.3 Å². The van der Waals surface area contributed by atoms with Crippen LogP contribution in [0.25, 0.3) is 0 Å². The normalized spacial score (nSPS) is 15.3. The van der Waals surface area contributed by atoms with Crippen LogP contribution < -0.4 is 0 Å². The Kier molecular flexibility index (Phi) is 3.00. The van der Waals surface area contributed by atoms with Crippen molar-refractivity contribution >= 4 is 17.3 Å². The molecule has 1 heterocycles. The van der Waals surface area contributed by atoms with Crippen LogP contribution in [0.5, 0.6) is 0 Å². The molecular weight excluding hydrogens is 195 g/mol. The number of hydrogen-bond acceptors (Lipinski definition) is 3. The Morgan fingerprint density at radius 3 is 2.62 bits per heavy atom. The molecule has 0 saturated carbocycles. The van der Waals surface area contributed by atoms with Gasteiger partial charge >= 0.3 is 5.97 Å². The van der Waals surface area contributed by atoms with Gasteiger partial charge in [0.25, 0.3) is 0 Å².